The number of benzene rings is 1. The minimum Gasteiger partial charge on any atom is -0.508 e. The maximum atomic E-state index is 9.39. The predicted octanol–water partition coefficient (Wildman–Crippen LogP) is 7.91. The van der Waals surface area contributed by atoms with E-state index in [0.717, 1.165) is 23.7 Å². The summed E-state index contributed by atoms with van der Waals surface area (Å²) in [6.07, 6.45) is 21.8. The molecule has 0 radical (unpaired) electrons. The van der Waals surface area contributed by atoms with E-state index in [2.05, 4.69) is 19.1 Å². The van der Waals surface area contributed by atoms with Crippen molar-refractivity contribution in [2.45, 2.75) is 103 Å². The molecule has 2 fully saturated rings. The average molecular weight is 371 g/mol. The van der Waals surface area contributed by atoms with Crippen LogP contribution in [0, 0.1) is 23.7 Å². The van der Waals surface area contributed by atoms with E-state index in [4.69, 9.17) is 0 Å². The van der Waals surface area contributed by atoms with Crippen LogP contribution in [-0.2, 0) is 6.42 Å². The standard InChI is InChI=1S/C26H42O/c1-2-3-4-21-5-7-22(8-6-21)9-10-23-11-13-24(14-12-23)15-16-25-17-19-26(27)20-18-25/h17-24,27H,2-16H2,1H3. The monoisotopic (exact) mass is 370 g/mol. The second-order valence-corrected chi connectivity index (χ2v) is 9.70. The van der Waals surface area contributed by atoms with E-state index in [1.54, 1.807) is 0 Å². The molecule has 1 aromatic rings. The Kier molecular flexibility index (Phi) is 8.55. The first-order valence-corrected chi connectivity index (χ1v) is 12.0. The molecule has 3 rings (SSSR count). The molecular weight excluding hydrogens is 328 g/mol. The Morgan fingerprint density at radius 3 is 1.59 bits per heavy atom. The fourth-order valence-corrected chi connectivity index (χ4v) is 5.62. The van der Waals surface area contributed by atoms with E-state index in [0.29, 0.717) is 5.75 Å². The fraction of sp³-hybridized carbons (Fsp3) is 0.769. The predicted molar refractivity (Wildman–Crippen MR) is 116 cm³/mol. The third-order valence-corrected chi connectivity index (χ3v) is 7.66. The lowest BCUT2D eigenvalue weighted by Gasteiger charge is -2.32. The van der Waals surface area contributed by atoms with Gasteiger partial charge in [-0.25, -0.2) is 0 Å². The fourth-order valence-electron chi connectivity index (χ4n) is 5.62. The van der Waals surface area contributed by atoms with Crippen LogP contribution in [0.4, 0.5) is 0 Å². The van der Waals surface area contributed by atoms with Gasteiger partial charge in [0.25, 0.3) is 0 Å². The molecule has 152 valence electrons. The molecule has 0 aliphatic heterocycles. The molecule has 2 aliphatic rings. The second kappa shape index (κ2) is 11.1. The Hall–Kier alpha value is -0.980. The zero-order valence-electron chi connectivity index (χ0n) is 17.7. The number of rotatable bonds is 9. The summed E-state index contributed by atoms with van der Waals surface area (Å²) in [5, 5.41) is 9.39. The number of hydrogen-bond acceptors (Lipinski definition) is 1. The van der Waals surface area contributed by atoms with E-state index in [1.807, 2.05) is 12.1 Å². The molecule has 1 nitrogen and oxygen atoms in total. The maximum Gasteiger partial charge on any atom is 0.115 e. The molecule has 0 atom stereocenters. The van der Waals surface area contributed by atoms with Gasteiger partial charge in [0.1, 0.15) is 5.75 Å². The molecule has 1 heteroatoms. The molecule has 1 N–H and O–H groups in total. The highest BCUT2D eigenvalue weighted by atomic mass is 16.3. The normalized spacial score (nSPS) is 28.9. The zero-order chi connectivity index (χ0) is 18.9. The van der Waals surface area contributed by atoms with Crippen molar-refractivity contribution in [1.29, 1.82) is 0 Å². The molecule has 0 bridgehead atoms. The van der Waals surface area contributed by atoms with Crippen molar-refractivity contribution in [3.05, 3.63) is 29.8 Å². The molecular formula is C26H42O. The van der Waals surface area contributed by atoms with Crippen LogP contribution >= 0.6 is 0 Å². The van der Waals surface area contributed by atoms with Crippen LogP contribution in [-0.4, -0.2) is 5.11 Å². The summed E-state index contributed by atoms with van der Waals surface area (Å²) in [5.41, 5.74) is 1.38. The van der Waals surface area contributed by atoms with Gasteiger partial charge < -0.3 is 5.11 Å². The Balaban J connectivity index is 1.26. The van der Waals surface area contributed by atoms with Gasteiger partial charge in [0.2, 0.25) is 0 Å². The minimum atomic E-state index is 0.383. The third kappa shape index (κ3) is 7.16. The maximum absolute atomic E-state index is 9.39. The zero-order valence-corrected chi connectivity index (χ0v) is 17.7. The van der Waals surface area contributed by atoms with Crippen molar-refractivity contribution >= 4 is 0 Å². The number of aryl methyl sites for hydroxylation is 1. The lowest BCUT2D eigenvalue weighted by Crippen LogP contribution is -2.18. The van der Waals surface area contributed by atoms with Gasteiger partial charge in [-0.05, 0) is 54.2 Å². The Morgan fingerprint density at radius 2 is 1.11 bits per heavy atom. The van der Waals surface area contributed by atoms with Crippen molar-refractivity contribution in [2.75, 3.05) is 0 Å². The molecule has 2 saturated carbocycles. The van der Waals surface area contributed by atoms with Crippen LogP contribution < -0.4 is 0 Å². The quantitative estimate of drug-likeness (QED) is 0.468. The first-order chi connectivity index (χ1) is 13.2. The van der Waals surface area contributed by atoms with E-state index in [1.165, 1.54) is 102 Å². The summed E-state index contributed by atoms with van der Waals surface area (Å²) in [6.45, 7) is 2.33. The van der Waals surface area contributed by atoms with Crippen molar-refractivity contribution < 1.29 is 5.11 Å². The molecule has 27 heavy (non-hydrogen) atoms. The Bertz CT molecular complexity index is 504. The van der Waals surface area contributed by atoms with Crippen LogP contribution in [0.25, 0.3) is 0 Å². The number of phenolic OH excluding ortho intramolecular Hbond substituents is 1. The highest BCUT2D eigenvalue weighted by Gasteiger charge is 2.24. The summed E-state index contributed by atoms with van der Waals surface area (Å²) < 4.78 is 0. The Morgan fingerprint density at radius 1 is 0.667 bits per heavy atom. The van der Waals surface area contributed by atoms with Crippen molar-refractivity contribution in [2.24, 2.45) is 23.7 Å². The summed E-state index contributed by atoms with van der Waals surface area (Å²) in [6, 6.07) is 7.81. The number of phenols is 1. The van der Waals surface area contributed by atoms with E-state index in [9.17, 15) is 5.11 Å². The van der Waals surface area contributed by atoms with Crippen LogP contribution in [0.1, 0.15) is 102 Å². The number of hydrogen-bond donors (Lipinski definition) is 1. The highest BCUT2D eigenvalue weighted by Crippen LogP contribution is 2.38. The molecule has 0 heterocycles. The van der Waals surface area contributed by atoms with Crippen LogP contribution in [0.3, 0.4) is 0 Å². The van der Waals surface area contributed by atoms with Gasteiger partial charge in [0.05, 0.1) is 0 Å². The Labute approximate surface area is 168 Å². The van der Waals surface area contributed by atoms with Gasteiger partial charge in [0.15, 0.2) is 0 Å². The number of aromatic hydroxyl groups is 1. The van der Waals surface area contributed by atoms with Crippen LogP contribution in [0.15, 0.2) is 24.3 Å². The van der Waals surface area contributed by atoms with Crippen LogP contribution in [0.5, 0.6) is 5.75 Å². The molecule has 2 aliphatic carbocycles. The van der Waals surface area contributed by atoms with Crippen molar-refractivity contribution in [3.63, 3.8) is 0 Å². The molecule has 1 aromatic carbocycles. The second-order valence-electron chi connectivity index (χ2n) is 9.70. The van der Waals surface area contributed by atoms with Crippen molar-refractivity contribution in [1.82, 2.24) is 0 Å². The molecule has 0 spiro atoms. The first-order valence-electron chi connectivity index (χ1n) is 12.0. The third-order valence-electron chi connectivity index (χ3n) is 7.66. The molecule has 0 saturated heterocycles. The topological polar surface area (TPSA) is 20.2 Å². The molecule has 0 amide bonds. The lowest BCUT2D eigenvalue weighted by atomic mass is 9.74. The van der Waals surface area contributed by atoms with Gasteiger partial charge in [0, 0.05) is 0 Å². The van der Waals surface area contributed by atoms with Gasteiger partial charge in [-0.1, -0.05) is 103 Å². The number of unbranched alkanes of at least 4 members (excludes halogenated alkanes) is 1. The van der Waals surface area contributed by atoms with Gasteiger partial charge >= 0.3 is 0 Å². The summed E-state index contributed by atoms with van der Waals surface area (Å²) in [5.74, 6) is 4.45. The summed E-state index contributed by atoms with van der Waals surface area (Å²) in [7, 11) is 0. The largest absolute Gasteiger partial charge is 0.508 e. The van der Waals surface area contributed by atoms with Crippen LogP contribution in [0.2, 0.25) is 0 Å². The lowest BCUT2D eigenvalue weighted by molar-refractivity contribution is 0.209. The summed E-state index contributed by atoms with van der Waals surface area (Å²) in [4.78, 5) is 0. The van der Waals surface area contributed by atoms with E-state index in [-0.39, 0.29) is 0 Å². The van der Waals surface area contributed by atoms with E-state index < -0.39 is 0 Å². The van der Waals surface area contributed by atoms with Gasteiger partial charge in [-0.3, -0.25) is 0 Å². The smallest absolute Gasteiger partial charge is 0.115 e. The first kappa shape index (κ1) is 20.7. The SMILES string of the molecule is CCCCC1CCC(CCC2CCC(CCc3ccc(O)cc3)CC2)CC1. The van der Waals surface area contributed by atoms with Gasteiger partial charge in [-0.2, -0.15) is 0 Å². The molecule has 0 aromatic heterocycles. The summed E-state index contributed by atoms with van der Waals surface area (Å²) >= 11 is 0. The average Bonchev–Trinajstić information content (AvgIpc) is 2.72. The van der Waals surface area contributed by atoms with Gasteiger partial charge in [-0.15, -0.1) is 0 Å². The molecule has 0 unspecified atom stereocenters. The minimum absolute atomic E-state index is 0.383. The van der Waals surface area contributed by atoms with E-state index >= 15 is 0 Å². The van der Waals surface area contributed by atoms with Crippen molar-refractivity contribution in [3.8, 4) is 5.75 Å². The highest BCUT2D eigenvalue weighted by molar-refractivity contribution is 5.25.